The molecule has 0 saturated carbocycles. The SMILES string of the molecule is CC(CN1CCN(CC(c2ccc(F)cc2)N2CCOCC2)CC1)C(=O)c1ccc(O)cc1.O.O=C(O)/C=C\C(=O)O. The molecule has 0 spiro atoms. The second kappa shape index (κ2) is 17.3. The molecule has 2 aliphatic rings. The maximum absolute atomic E-state index is 13.5. The van der Waals surface area contributed by atoms with Crippen LogP contribution in [0, 0.1) is 11.7 Å². The van der Waals surface area contributed by atoms with Crippen LogP contribution in [0.3, 0.4) is 0 Å². The van der Waals surface area contributed by atoms with Gasteiger partial charge in [0.15, 0.2) is 5.78 Å². The third-order valence-corrected chi connectivity index (χ3v) is 7.14. The second-order valence-electron chi connectivity index (χ2n) is 10.1. The number of rotatable bonds is 10. The molecule has 0 radical (unpaired) electrons. The fraction of sp³-hybridized carbons (Fsp3) is 0.433. The number of ketones is 1. The van der Waals surface area contributed by atoms with Crippen molar-refractivity contribution in [1.29, 1.82) is 0 Å². The van der Waals surface area contributed by atoms with Crippen LogP contribution in [0.15, 0.2) is 60.7 Å². The number of phenols is 1. The monoisotopic (exact) mass is 589 g/mol. The molecular weight excluding hydrogens is 549 g/mol. The number of nitrogens with zero attached hydrogens (tertiary/aromatic N) is 3. The van der Waals surface area contributed by atoms with E-state index in [0.717, 1.165) is 71.1 Å². The number of carbonyl (C=O) groups is 3. The average Bonchev–Trinajstić information content (AvgIpc) is 2.97. The highest BCUT2D eigenvalue weighted by molar-refractivity contribution is 5.97. The fourth-order valence-electron chi connectivity index (χ4n) is 4.93. The lowest BCUT2D eigenvalue weighted by Crippen LogP contribution is -2.51. The molecule has 230 valence electrons. The Kier molecular flexibility index (Phi) is 14.2. The van der Waals surface area contributed by atoms with Gasteiger partial charge < -0.3 is 30.4 Å². The maximum Gasteiger partial charge on any atom is 0.328 e. The lowest BCUT2D eigenvalue weighted by atomic mass is 9.98. The summed E-state index contributed by atoms with van der Waals surface area (Å²) in [5.74, 6) is -2.53. The first-order valence-electron chi connectivity index (χ1n) is 13.6. The number of aromatic hydroxyl groups is 1. The van der Waals surface area contributed by atoms with E-state index >= 15 is 0 Å². The van der Waals surface area contributed by atoms with Crippen molar-refractivity contribution >= 4 is 17.7 Å². The minimum Gasteiger partial charge on any atom is -0.508 e. The van der Waals surface area contributed by atoms with E-state index in [4.69, 9.17) is 14.9 Å². The number of aliphatic carboxylic acids is 2. The van der Waals surface area contributed by atoms with Crippen molar-refractivity contribution in [3.63, 3.8) is 0 Å². The molecule has 0 amide bonds. The van der Waals surface area contributed by atoms with Gasteiger partial charge in [0, 0.05) is 82.0 Å². The summed E-state index contributed by atoms with van der Waals surface area (Å²) in [7, 11) is 0. The van der Waals surface area contributed by atoms with Crippen molar-refractivity contribution in [3.8, 4) is 5.75 Å². The second-order valence-corrected chi connectivity index (χ2v) is 10.1. The lowest BCUT2D eigenvalue weighted by molar-refractivity contribution is -0.134. The molecule has 0 aromatic heterocycles. The summed E-state index contributed by atoms with van der Waals surface area (Å²) < 4.78 is 19.0. The summed E-state index contributed by atoms with van der Waals surface area (Å²) in [5, 5.41) is 25.1. The van der Waals surface area contributed by atoms with E-state index < -0.39 is 11.9 Å². The minimum atomic E-state index is -1.26. The maximum atomic E-state index is 13.5. The number of carboxylic acids is 2. The zero-order valence-corrected chi connectivity index (χ0v) is 23.7. The van der Waals surface area contributed by atoms with E-state index in [0.29, 0.717) is 17.7 Å². The van der Waals surface area contributed by atoms with E-state index in [1.807, 2.05) is 19.1 Å². The number of halogens is 1. The molecule has 2 aromatic rings. The highest BCUT2D eigenvalue weighted by atomic mass is 19.1. The van der Waals surface area contributed by atoms with Crippen LogP contribution >= 0.6 is 0 Å². The fourth-order valence-corrected chi connectivity index (χ4v) is 4.93. The number of hydrogen-bond acceptors (Lipinski definition) is 8. The zero-order valence-electron chi connectivity index (χ0n) is 23.7. The Hall–Kier alpha value is -3.68. The molecule has 11 nitrogen and oxygen atoms in total. The topological polar surface area (TPSA) is 162 Å². The molecule has 2 aromatic carbocycles. The van der Waals surface area contributed by atoms with E-state index in [1.54, 1.807) is 36.4 Å². The Balaban J connectivity index is 0.000000603. The van der Waals surface area contributed by atoms with Gasteiger partial charge in [-0.3, -0.25) is 14.6 Å². The molecule has 5 N–H and O–H groups in total. The van der Waals surface area contributed by atoms with Crippen molar-refractivity contribution in [3.05, 3.63) is 77.6 Å². The average molecular weight is 590 g/mol. The summed E-state index contributed by atoms with van der Waals surface area (Å²) >= 11 is 0. The van der Waals surface area contributed by atoms with Gasteiger partial charge in [-0.2, -0.15) is 0 Å². The van der Waals surface area contributed by atoms with Crippen molar-refractivity contribution in [1.82, 2.24) is 14.7 Å². The Bertz CT molecular complexity index is 1150. The molecule has 42 heavy (non-hydrogen) atoms. The Morgan fingerprint density at radius 3 is 1.83 bits per heavy atom. The van der Waals surface area contributed by atoms with Crippen LogP contribution in [0.25, 0.3) is 0 Å². The van der Waals surface area contributed by atoms with Crippen LogP contribution in [0.1, 0.15) is 28.9 Å². The van der Waals surface area contributed by atoms with Gasteiger partial charge in [-0.1, -0.05) is 19.1 Å². The molecule has 0 aliphatic carbocycles. The van der Waals surface area contributed by atoms with Crippen LogP contribution in [-0.4, -0.2) is 119 Å². The van der Waals surface area contributed by atoms with Gasteiger partial charge in [0.1, 0.15) is 11.6 Å². The summed E-state index contributed by atoms with van der Waals surface area (Å²) in [5.41, 5.74) is 1.79. The number of piperazine rings is 1. The number of morpholine rings is 1. The molecule has 2 unspecified atom stereocenters. The van der Waals surface area contributed by atoms with Crippen molar-refractivity contribution in [2.75, 3.05) is 65.6 Å². The summed E-state index contributed by atoms with van der Waals surface area (Å²) in [6, 6.07) is 13.6. The highest BCUT2D eigenvalue weighted by Crippen LogP contribution is 2.24. The van der Waals surface area contributed by atoms with Crippen molar-refractivity contribution in [2.24, 2.45) is 5.92 Å². The number of benzene rings is 2. The Morgan fingerprint density at radius 1 is 0.833 bits per heavy atom. The molecular formula is C30H40FN3O8. The first-order valence-corrected chi connectivity index (χ1v) is 13.6. The zero-order chi connectivity index (χ0) is 29.8. The van der Waals surface area contributed by atoms with Gasteiger partial charge in [-0.05, 0) is 42.0 Å². The molecule has 2 fully saturated rings. The highest BCUT2D eigenvalue weighted by Gasteiger charge is 2.28. The van der Waals surface area contributed by atoms with Gasteiger partial charge in [0.25, 0.3) is 0 Å². The van der Waals surface area contributed by atoms with Crippen molar-refractivity contribution in [2.45, 2.75) is 13.0 Å². The van der Waals surface area contributed by atoms with Crippen LogP contribution in [-0.2, 0) is 14.3 Å². The van der Waals surface area contributed by atoms with Crippen LogP contribution in [0.4, 0.5) is 4.39 Å². The minimum absolute atomic E-state index is 0. The first kappa shape index (κ1) is 34.5. The Labute approximate surface area is 244 Å². The molecule has 12 heteroatoms. The first-order chi connectivity index (χ1) is 19.6. The number of hydrogen-bond donors (Lipinski definition) is 3. The molecule has 4 rings (SSSR count). The van der Waals surface area contributed by atoms with Gasteiger partial charge in [0.2, 0.25) is 0 Å². The molecule has 0 bridgehead atoms. The predicted molar refractivity (Wildman–Crippen MR) is 154 cm³/mol. The quantitative estimate of drug-likeness (QED) is 0.276. The van der Waals surface area contributed by atoms with Crippen LogP contribution in [0.5, 0.6) is 5.75 Å². The number of phenolic OH excluding ortho intramolecular Hbond substituents is 1. The molecule has 2 heterocycles. The largest absolute Gasteiger partial charge is 0.508 e. The molecule has 2 aliphatic heterocycles. The third kappa shape index (κ3) is 11.3. The number of Topliss-reactive ketones (excluding diaryl/α,β-unsaturated/α-hetero) is 1. The third-order valence-electron chi connectivity index (χ3n) is 7.14. The standard InChI is InChI=1S/C26H34FN3O3.C4H4O4.H2O/c1-20(26(32)22-4-8-24(31)9-5-22)18-28-10-12-29(13-11-28)19-25(30-14-16-33-17-15-30)21-2-6-23(27)7-3-21;5-3(6)1-2-4(7)8;/h2-9,20,25,31H,10-19H2,1H3;1-2H,(H,5,6)(H,7,8);1H2/b;2-1-;. The molecule has 2 saturated heterocycles. The van der Waals surface area contributed by atoms with E-state index in [2.05, 4.69) is 14.7 Å². The number of ether oxygens (including phenoxy) is 1. The summed E-state index contributed by atoms with van der Waals surface area (Å²) in [6.45, 7) is 10.6. The molecule has 2 atom stereocenters. The number of carboxylic acid groups (broad SMARTS) is 2. The van der Waals surface area contributed by atoms with Gasteiger partial charge in [0.05, 0.1) is 13.2 Å². The van der Waals surface area contributed by atoms with Crippen LogP contribution < -0.4 is 0 Å². The van der Waals surface area contributed by atoms with E-state index in [1.165, 1.54) is 0 Å². The predicted octanol–water partition coefficient (Wildman–Crippen LogP) is 1.93. The van der Waals surface area contributed by atoms with Crippen LogP contribution in [0.2, 0.25) is 0 Å². The lowest BCUT2D eigenvalue weighted by Gasteiger charge is -2.41. The van der Waals surface area contributed by atoms with Gasteiger partial charge in [-0.15, -0.1) is 0 Å². The summed E-state index contributed by atoms with van der Waals surface area (Å²) in [4.78, 5) is 39.1. The number of carbonyl (C=O) groups excluding carboxylic acids is 1. The Morgan fingerprint density at radius 2 is 1.33 bits per heavy atom. The van der Waals surface area contributed by atoms with Gasteiger partial charge >= 0.3 is 11.9 Å². The van der Waals surface area contributed by atoms with Crippen molar-refractivity contribution < 1.29 is 44.3 Å². The normalized spacial score (nSPS) is 17.9. The smallest absolute Gasteiger partial charge is 0.328 e. The van der Waals surface area contributed by atoms with E-state index in [-0.39, 0.29) is 34.8 Å². The van der Waals surface area contributed by atoms with Gasteiger partial charge in [-0.25, -0.2) is 14.0 Å². The van der Waals surface area contributed by atoms with E-state index in [9.17, 15) is 23.9 Å². The summed E-state index contributed by atoms with van der Waals surface area (Å²) in [6.07, 6.45) is 1.12.